The van der Waals surface area contributed by atoms with Gasteiger partial charge in [-0.2, -0.15) is 0 Å². The molecule has 0 spiro atoms. The molecule has 2 aromatic rings. The average molecular weight is 288 g/mol. The second-order valence-corrected chi connectivity index (χ2v) is 5.22. The molecule has 3 nitrogen and oxygen atoms in total. The fraction of sp³-hybridized carbons (Fsp3) is 0.188. The van der Waals surface area contributed by atoms with E-state index in [9.17, 15) is 4.79 Å². The van der Waals surface area contributed by atoms with Gasteiger partial charge in [-0.1, -0.05) is 24.3 Å². The highest BCUT2D eigenvalue weighted by atomic mass is 35.5. The third-order valence-electron chi connectivity index (χ3n) is 3.43. The lowest BCUT2D eigenvalue weighted by atomic mass is 10.0. The van der Waals surface area contributed by atoms with Crippen molar-refractivity contribution in [2.45, 2.75) is 11.8 Å². The number of hydrogen-bond acceptors (Lipinski definition) is 2. The number of methoxy groups -OCH3 is 1. The Balaban J connectivity index is 1.92. The van der Waals surface area contributed by atoms with Crippen LogP contribution in [0.1, 0.15) is 22.1 Å². The number of benzene rings is 2. The summed E-state index contributed by atoms with van der Waals surface area (Å²) in [7, 11) is 1.63. The number of carbonyl (C=O) groups excluding carboxylic acids is 1. The number of ether oxygens (including phenoxy) is 1. The predicted octanol–water partition coefficient (Wildman–Crippen LogP) is 3.52. The molecule has 1 aliphatic rings. The fourth-order valence-corrected chi connectivity index (χ4v) is 2.67. The minimum Gasteiger partial charge on any atom is -0.497 e. The van der Waals surface area contributed by atoms with Crippen LogP contribution in [-0.2, 0) is 11.2 Å². The first-order valence-corrected chi connectivity index (χ1v) is 6.82. The number of rotatable bonds is 3. The van der Waals surface area contributed by atoms with Crippen molar-refractivity contribution in [1.82, 2.24) is 0 Å². The molecule has 1 heterocycles. The van der Waals surface area contributed by atoms with Gasteiger partial charge < -0.3 is 10.1 Å². The molecule has 4 heteroatoms. The number of nitrogens with one attached hydrogen (secondary N) is 1. The lowest BCUT2D eigenvalue weighted by molar-refractivity contribution is -0.115. The smallest absolute Gasteiger partial charge is 0.228 e. The van der Waals surface area contributed by atoms with E-state index >= 15 is 0 Å². The number of alkyl halides is 1. The van der Waals surface area contributed by atoms with Gasteiger partial charge in [0.05, 0.1) is 18.9 Å². The summed E-state index contributed by atoms with van der Waals surface area (Å²) in [5, 5.41) is 2.56. The Morgan fingerprint density at radius 1 is 1.20 bits per heavy atom. The summed E-state index contributed by atoms with van der Waals surface area (Å²) in [6.45, 7) is 0. The molecule has 1 aliphatic heterocycles. The maximum Gasteiger partial charge on any atom is 0.228 e. The molecular formula is C16H14ClNO2. The number of carbonyl (C=O) groups is 1. The van der Waals surface area contributed by atoms with E-state index in [1.807, 2.05) is 42.5 Å². The van der Waals surface area contributed by atoms with Crippen LogP contribution in [-0.4, -0.2) is 13.0 Å². The Morgan fingerprint density at radius 3 is 2.80 bits per heavy atom. The van der Waals surface area contributed by atoms with Crippen LogP contribution in [0, 0.1) is 0 Å². The summed E-state index contributed by atoms with van der Waals surface area (Å²) in [6, 6.07) is 13.5. The summed E-state index contributed by atoms with van der Waals surface area (Å²) < 4.78 is 5.22. The molecule has 1 amide bonds. The van der Waals surface area contributed by atoms with Crippen LogP contribution in [0.25, 0.3) is 0 Å². The number of amides is 1. The van der Waals surface area contributed by atoms with Gasteiger partial charge in [0, 0.05) is 5.69 Å². The molecule has 3 rings (SSSR count). The zero-order valence-electron chi connectivity index (χ0n) is 11.0. The zero-order chi connectivity index (χ0) is 14.1. The number of fused-ring (bicyclic) bond motifs is 1. The van der Waals surface area contributed by atoms with Gasteiger partial charge in [0.25, 0.3) is 0 Å². The van der Waals surface area contributed by atoms with Gasteiger partial charge in [-0.05, 0) is 34.9 Å². The molecule has 20 heavy (non-hydrogen) atoms. The molecule has 1 N–H and O–H groups in total. The maximum absolute atomic E-state index is 11.4. The second kappa shape index (κ2) is 5.17. The van der Waals surface area contributed by atoms with Crippen molar-refractivity contribution < 1.29 is 9.53 Å². The van der Waals surface area contributed by atoms with Crippen LogP contribution in [0.3, 0.4) is 0 Å². The standard InChI is InChI=1S/C16H14ClNO2/c1-20-13-4-2-3-10(8-13)16(17)11-5-6-14-12(7-11)9-15(19)18-14/h2-8,16H,9H2,1H3,(H,18,19). The Bertz CT molecular complexity index is 669. The highest BCUT2D eigenvalue weighted by Crippen LogP contribution is 2.34. The van der Waals surface area contributed by atoms with Crippen LogP contribution < -0.4 is 10.1 Å². The van der Waals surface area contributed by atoms with E-state index in [2.05, 4.69) is 5.32 Å². The molecule has 2 aromatic carbocycles. The molecule has 0 aromatic heterocycles. The second-order valence-electron chi connectivity index (χ2n) is 4.78. The fourth-order valence-electron chi connectivity index (χ4n) is 2.40. The van der Waals surface area contributed by atoms with Crippen LogP contribution in [0.15, 0.2) is 42.5 Å². The minimum atomic E-state index is -0.258. The molecule has 102 valence electrons. The van der Waals surface area contributed by atoms with Gasteiger partial charge in [-0.3, -0.25) is 4.79 Å². The van der Waals surface area contributed by atoms with Crippen LogP contribution in [0.5, 0.6) is 5.75 Å². The van der Waals surface area contributed by atoms with E-state index in [1.165, 1.54) is 0 Å². The largest absolute Gasteiger partial charge is 0.497 e. The van der Waals surface area contributed by atoms with Crippen LogP contribution >= 0.6 is 11.6 Å². The van der Waals surface area contributed by atoms with Crippen molar-refractivity contribution in [3.8, 4) is 5.75 Å². The molecule has 1 atom stereocenters. The lowest BCUT2D eigenvalue weighted by Gasteiger charge is -2.12. The van der Waals surface area contributed by atoms with Gasteiger partial charge >= 0.3 is 0 Å². The third-order valence-corrected chi connectivity index (χ3v) is 3.94. The Kier molecular flexibility index (Phi) is 3.36. The first-order valence-electron chi connectivity index (χ1n) is 6.38. The molecular weight excluding hydrogens is 274 g/mol. The van der Waals surface area contributed by atoms with E-state index in [4.69, 9.17) is 16.3 Å². The zero-order valence-corrected chi connectivity index (χ0v) is 11.8. The molecule has 1 unspecified atom stereocenters. The van der Waals surface area contributed by atoms with Gasteiger partial charge in [-0.25, -0.2) is 0 Å². The van der Waals surface area contributed by atoms with Crippen molar-refractivity contribution >= 4 is 23.2 Å². The third kappa shape index (κ3) is 2.37. The quantitative estimate of drug-likeness (QED) is 0.877. The van der Waals surface area contributed by atoms with E-state index in [1.54, 1.807) is 7.11 Å². The molecule has 0 fully saturated rings. The molecule has 0 bridgehead atoms. The maximum atomic E-state index is 11.4. The number of halogens is 1. The van der Waals surface area contributed by atoms with Gasteiger partial charge in [0.1, 0.15) is 5.75 Å². The van der Waals surface area contributed by atoms with Crippen LogP contribution in [0.2, 0.25) is 0 Å². The average Bonchev–Trinajstić information content (AvgIpc) is 2.85. The monoisotopic (exact) mass is 287 g/mol. The Labute approximate surface area is 122 Å². The molecule has 0 saturated heterocycles. The SMILES string of the molecule is COc1cccc(C(Cl)c2ccc3c(c2)CC(=O)N3)c1. The van der Waals surface area contributed by atoms with Gasteiger partial charge in [0.15, 0.2) is 0 Å². The van der Waals surface area contributed by atoms with E-state index in [0.717, 1.165) is 28.1 Å². The van der Waals surface area contributed by atoms with Gasteiger partial charge in [0.2, 0.25) is 5.91 Å². The van der Waals surface area contributed by atoms with E-state index in [-0.39, 0.29) is 11.3 Å². The normalized spacial score (nSPS) is 14.6. The van der Waals surface area contributed by atoms with E-state index in [0.29, 0.717) is 6.42 Å². The molecule has 0 aliphatic carbocycles. The highest BCUT2D eigenvalue weighted by Gasteiger charge is 2.20. The first kappa shape index (κ1) is 13.0. The summed E-state index contributed by atoms with van der Waals surface area (Å²) in [4.78, 5) is 11.4. The molecule has 0 radical (unpaired) electrons. The Morgan fingerprint density at radius 2 is 2.00 bits per heavy atom. The highest BCUT2D eigenvalue weighted by molar-refractivity contribution is 6.22. The first-order chi connectivity index (χ1) is 9.67. The minimum absolute atomic E-state index is 0.0321. The van der Waals surface area contributed by atoms with Crippen molar-refractivity contribution in [2.75, 3.05) is 12.4 Å². The van der Waals surface area contributed by atoms with Crippen molar-refractivity contribution in [2.24, 2.45) is 0 Å². The van der Waals surface area contributed by atoms with Crippen molar-refractivity contribution in [3.05, 3.63) is 59.2 Å². The predicted molar refractivity (Wildman–Crippen MR) is 79.5 cm³/mol. The van der Waals surface area contributed by atoms with E-state index < -0.39 is 0 Å². The Hall–Kier alpha value is -2.00. The van der Waals surface area contributed by atoms with Gasteiger partial charge in [-0.15, -0.1) is 11.6 Å². The summed E-state index contributed by atoms with van der Waals surface area (Å²) in [6.07, 6.45) is 0.422. The van der Waals surface area contributed by atoms with Crippen molar-refractivity contribution in [3.63, 3.8) is 0 Å². The number of anilines is 1. The van der Waals surface area contributed by atoms with Crippen LogP contribution in [0.4, 0.5) is 5.69 Å². The summed E-state index contributed by atoms with van der Waals surface area (Å²) >= 11 is 6.54. The summed E-state index contributed by atoms with van der Waals surface area (Å²) in [5.41, 5.74) is 3.84. The van der Waals surface area contributed by atoms with Crippen molar-refractivity contribution in [1.29, 1.82) is 0 Å². The lowest BCUT2D eigenvalue weighted by Crippen LogP contribution is -2.03. The molecule has 0 saturated carbocycles. The number of hydrogen-bond donors (Lipinski definition) is 1. The summed E-state index contributed by atoms with van der Waals surface area (Å²) in [5.74, 6) is 0.816. The topological polar surface area (TPSA) is 38.3 Å².